The van der Waals surface area contributed by atoms with E-state index in [2.05, 4.69) is 120 Å². The molecule has 0 bridgehead atoms. The Bertz CT molecular complexity index is 1570. The minimum Gasteiger partial charge on any atom is -0.457 e. The average molecular weight is 485 g/mol. The number of hydrogen-bond acceptors (Lipinski definition) is 2. The average Bonchev–Trinajstić information content (AvgIpc) is 3.51. The molecule has 0 N–H and O–H groups in total. The summed E-state index contributed by atoms with van der Waals surface area (Å²) in [5.74, 6) is 1.92. The van der Waals surface area contributed by atoms with Gasteiger partial charge in [-0.1, -0.05) is 78.9 Å². The highest BCUT2D eigenvalue weighted by Crippen LogP contribution is 2.48. The first-order chi connectivity index (χ1) is 18.3. The smallest absolute Gasteiger partial charge is 0.133 e. The van der Waals surface area contributed by atoms with E-state index in [4.69, 9.17) is 4.74 Å². The van der Waals surface area contributed by atoms with Crippen LogP contribution in [0.1, 0.15) is 46.7 Å². The van der Waals surface area contributed by atoms with Crippen molar-refractivity contribution in [1.29, 1.82) is 0 Å². The zero-order valence-corrected chi connectivity index (χ0v) is 21.3. The minimum atomic E-state index is 0.0554. The largest absolute Gasteiger partial charge is 0.457 e. The number of aromatic nitrogens is 1. The van der Waals surface area contributed by atoms with Crippen molar-refractivity contribution in [2.24, 2.45) is 0 Å². The lowest BCUT2D eigenvalue weighted by Gasteiger charge is -2.32. The van der Waals surface area contributed by atoms with Gasteiger partial charge in [-0.3, -0.25) is 0 Å². The lowest BCUT2D eigenvalue weighted by Crippen LogP contribution is -2.26. The molecule has 1 aromatic heterocycles. The number of likely N-dealkylation sites (N-methyl/N-ethyl adjacent to an activating group) is 1. The van der Waals surface area contributed by atoms with Crippen LogP contribution in [-0.2, 0) is 12.8 Å². The molecule has 1 fully saturated rings. The van der Waals surface area contributed by atoms with E-state index in [1.54, 1.807) is 0 Å². The number of likely N-dealkylation sites (tertiary alicyclic amines) is 1. The molecule has 7 rings (SSSR count). The monoisotopic (exact) mass is 484 g/mol. The number of benzene rings is 4. The Balaban J connectivity index is 1.42. The molecule has 0 radical (unpaired) electrons. The van der Waals surface area contributed by atoms with Gasteiger partial charge in [0.05, 0.1) is 6.04 Å². The first-order valence-corrected chi connectivity index (χ1v) is 13.5. The van der Waals surface area contributed by atoms with E-state index in [0.29, 0.717) is 6.04 Å². The number of ether oxygens (including phenoxy) is 1. The second kappa shape index (κ2) is 9.24. The van der Waals surface area contributed by atoms with Crippen molar-refractivity contribution in [3.05, 3.63) is 131 Å². The lowest BCUT2D eigenvalue weighted by atomic mass is 9.88. The Hall–Kier alpha value is -3.82. The topological polar surface area (TPSA) is 17.4 Å². The minimum absolute atomic E-state index is 0.0554. The van der Waals surface area contributed by atoms with Gasteiger partial charge in [-0.15, -0.1) is 0 Å². The standard InChI is InChI=1S/C34H32N2O/c1-35-20-10-14-27(35)22-26-23-36(30-17-7-5-15-28(26)30)34-29-16-6-8-18-31(29)37-32-19-9-13-25(33(32)34)21-24-11-3-2-4-12-24/h2-9,11-13,15-19,23,27,34H,10,14,20-22H2,1H3/t27-,34-/m0/s1. The summed E-state index contributed by atoms with van der Waals surface area (Å²) in [6, 6.07) is 35.5. The van der Waals surface area contributed by atoms with Gasteiger partial charge in [-0.05, 0) is 74.2 Å². The summed E-state index contributed by atoms with van der Waals surface area (Å²) in [5, 5.41) is 1.37. The maximum Gasteiger partial charge on any atom is 0.133 e. The molecule has 0 amide bonds. The van der Waals surface area contributed by atoms with Crippen molar-refractivity contribution in [2.45, 2.75) is 37.8 Å². The van der Waals surface area contributed by atoms with Crippen LogP contribution in [0.4, 0.5) is 0 Å². The third-order valence-corrected chi connectivity index (χ3v) is 8.33. The molecule has 2 aliphatic rings. The summed E-state index contributed by atoms with van der Waals surface area (Å²) in [6.45, 7) is 1.20. The molecule has 2 aliphatic heterocycles. The summed E-state index contributed by atoms with van der Waals surface area (Å²) >= 11 is 0. The van der Waals surface area contributed by atoms with Crippen molar-refractivity contribution in [3.63, 3.8) is 0 Å². The zero-order valence-electron chi connectivity index (χ0n) is 21.3. The quantitative estimate of drug-likeness (QED) is 0.250. The predicted molar refractivity (Wildman–Crippen MR) is 151 cm³/mol. The zero-order chi connectivity index (χ0) is 24.8. The maximum atomic E-state index is 6.53. The molecular formula is C34H32N2O. The second-order valence-electron chi connectivity index (χ2n) is 10.6. The Morgan fingerprint density at radius 2 is 1.57 bits per heavy atom. The van der Waals surface area contributed by atoms with Gasteiger partial charge in [0.1, 0.15) is 11.5 Å². The fourth-order valence-electron chi connectivity index (χ4n) is 6.47. The molecule has 3 heteroatoms. The number of nitrogens with zero attached hydrogens (tertiary/aromatic N) is 2. The van der Waals surface area contributed by atoms with E-state index in [0.717, 1.165) is 24.3 Å². The summed E-state index contributed by atoms with van der Waals surface area (Å²) in [6.07, 6.45) is 6.98. The Morgan fingerprint density at radius 1 is 0.784 bits per heavy atom. The Morgan fingerprint density at radius 3 is 2.43 bits per heavy atom. The third-order valence-electron chi connectivity index (χ3n) is 8.33. The highest BCUT2D eigenvalue weighted by molar-refractivity contribution is 5.85. The van der Waals surface area contributed by atoms with Crippen LogP contribution in [0.5, 0.6) is 11.5 Å². The van der Waals surface area contributed by atoms with Crippen molar-refractivity contribution < 1.29 is 4.74 Å². The fraction of sp³-hybridized carbons (Fsp3) is 0.235. The van der Waals surface area contributed by atoms with Gasteiger partial charge in [0, 0.05) is 34.3 Å². The Labute approximate surface area is 218 Å². The van der Waals surface area contributed by atoms with Gasteiger partial charge in [0.2, 0.25) is 0 Å². The summed E-state index contributed by atoms with van der Waals surface area (Å²) in [4.78, 5) is 2.53. The highest BCUT2D eigenvalue weighted by atomic mass is 16.5. The van der Waals surface area contributed by atoms with E-state index < -0.39 is 0 Å². The molecule has 5 aromatic rings. The molecule has 0 spiro atoms. The van der Waals surface area contributed by atoms with E-state index >= 15 is 0 Å². The van der Waals surface area contributed by atoms with Crippen LogP contribution in [0.3, 0.4) is 0 Å². The Kier molecular flexibility index (Phi) is 5.59. The van der Waals surface area contributed by atoms with E-state index in [1.807, 2.05) is 0 Å². The molecule has 184 valence electrons. The molecule has 1 saturated heterocycles. The molecule has 0 saturated carbocycles. The first kappa shape index (κ1) is 22.4. The molecule has 0 unspecified atom stereocenters. The maximum absolute atomic E-state index is 6.53. The SMILES string of the molecule is CN1CCC[C@H]1Cc1cn([C@H]2c3ccccc3Oc3cccc(Cc4ccccc4)c32)c2ccccc12. The molecule has 37 heavy (non-hydrogen) atoms. The van der Waals surface area contributed by atoms with E-state index in [-0.39, 0.29) is 6.04 Å². The molecular weight excluding hydrogens is 452 g/mol. The number of rotatable bonds is 5. The van der Waals surface area contributed by atoms with Gasteiger partial charge < -0.3 is 14.2 Å². The second-order valence-corrected chi connectivity index (χ2v) is 10.6. The fourth-order valence-corrected chi connectivity index (χ4v) is 6.47. The number of hydrogen-bond donors (Lipinski definition) is 0. The number of para-hydroxylation sites is 2. The van der Waals surface area contributed by atoms with Crippen LogP contribution in [0.15, 0.2) is 103 Å². The van der Waals surface area contributed by atoms with Crippen LogP contribution >= 0.6 is 0 Å². The highest BCUT2D eigenvalue weighted by Gasteiger charge is 2.32. The molecule has 3 heterocycles. The molecule has 4 aromatic carbocycles. The van der Waals surface area contributed by atoms with Gasteiger partial charge >= 0.3 is 0 Å². The lowest BCUT2D eigenvalue weighted by molar-refractivity contribution is 0.309. The van der Waals surface area contributed by atoms with Crippen LogP contribution < -0.4 is 4.74 Å². The van der Waals surface area contributed by atoms with Gasteiger partial charge in [-0.2, -0.15) is 0 Å². The normalized spacial score (nSPS) is 18.9. The van der Waals surface area contributed by atoms with E-state index in [9.17, 15) is 0 Å². The van der Waals surface area contributed by atoms with Crippen LogP contribution in [0.25, 0.3) is 10.9 Å². The molecule has 3 nitrogen and oxygen atoms in total. The van der Waals surface area contributed by atoms with Crippen LogP contribution in [-0.4, -0.2) is 29.1 Å². The van der Waals surface area contributed by atoms with Crippen LogP contribution in [0, 0.1) is 0 Å². The predicted octanol–water partition coefficient (Wildman–Crippen LogP) is 7.61. The van der Waals surface area contributed by atoms with E-state index in [1.165, 1.54) is 58.1 Å². The molecule has 2 atom stereocenters. The molecule has 0 aliphatic carbocycles. The van der Waals surface area contributed by atoms with Gasteiger partial charge in [0.25, 0.3) is 0 Å². The summed E-state index contributed by atoms with van der Waals surface area (Å²) in [7, 11) is 2.28. The summed E-state index contributed by atoms with van der Waals surface area (Å²) in [5.41, 5.74) is 7.87. The third kappa shape index (κ3) is 3.95. The van der Waals surface area contributed by atoms with Crippen molar-refractivity contribution >= 4 is 10.9 Å². The first-order valence-electron chi connectivity index (χ1n) is 13.5. The van der Waals surface area contributed by atoms with Crippen molar-refractivity contribution in [3.8, 4) is 11.5 Å². The number of fused-ring (bicyclic) bond motifs is 3. The van der Waals surface area contributed by atoms with Crippen LogP contribution in [0.2, 0.25) is 0 Å². The van der Waals surface area contributed by atoms with Gasteiger partial charge in [-0.25, -0.2) is 0 Å². The van der Waals surface area contributed by atoms with Crippen molar-refractivity contribution in [2.75, 3.05) is 13.6 Å². The summed E-state index contributed by atoms with van der Waals surface area (Å²) < 4.78 is 9.05. The van der Waals surface area contributed by atoms with Crippen molar-refractivity contribution in [1.82, 2.24) is 9.47 Å². The van der Waals surface area contributed by atoms with Gasteiger partial charge in [0.15, 0.2) is 0 Å².